The molecule has 0 radical (unpaired) electrons. The number of aliphatic hydroxyl groups is 1. The van der Waals surface area contributed by atoms with Crippen LogP contribution in [0.1, 0.15) is 14.5 Å². The number of carbonyl (C=O) groups is 1. The summed E-state index contributed by atoms with van der Waals surface area (Å²) in [6, 6.07) is 3.37. The third-order valence-electron chi connectivity index (χ3n) is 1.97. The van der Waals surface area contributed by atoms with Gasteiger partial charge in [-0.05, 0) is 19.1 Å². The van der Waals surface area contributed by atoms with Gasteiger partial charge in [-0.1, -0.05) is 0 Å². The van der Waals surface area contributed by atoms with Gasteiger partial charge in [0.25, 0.3) is 12.3 Å². The minimum absolute atomic E-state index is 0.0693. The Balaban J connectivity index is 2.74. The average molecular weight is 249 g/mol. The molecular weight excluding hydrogens is 236 g/mol. The Hall–Kier alpha value is -1.01. The molecule has 0 unspecified atom stereocenters. The molecule has 0 saturated carbocycles. The van der Waals surface area contributed by atoms with Crippen LogP contribution in [0.15, 0.2) is 12.1 Å². The standard InChI is InChI=1S/C10H13F2NO2S/c1-7-2-3-8(16-7)10(15)13(4-5-14)6-9(11)12/h2-3,9,14H,4-6H2,1H3. The number of aryl methyl sites for hydroxylation is 1. The van der Waals surface area contributed by atoms with E-state index in [0.29, 0.717) is 4.88 Å². The minimum atomic E-state index is -2.59. The van der Waals surface area contributed by atoms with E-state index in [4.69, 9.17) is 5.11 Å². The predicted octanol–water partition coefficient (Wildman–Crippen LogP) is 1.76. The summed E-state index contributed by atoms with van der Waals surface area (Å²) in [6.45, 7) is 0.810. The Morgan fingerprint density at radius 1 is 1.56 bits per heavy atom. The second-order valence-corrected chi connectivity index (χ2v) is 4.56. The van der Waals surface area contributed by atoms with Crippen LogP contribution in [0.2, 0.25) is 0 Å². The maximum Gasteiger partial charge on any atom is 0.264 e. The highest BCUT2D eigenvalue weighted by Crippen LogP contribution is 2.17. The van der Waals surface area contributed by atoms with Crippen LogP contribution < -0.4 is 0 Å². The molecule has 6 heteroatoms. The van der Waals surface area contributed by atoms with Crippen molar-refractivity contribution in [2.75, 3.05) is 19.7 Å². The number of carbonyl (C=O) groups excluding carboxylic acids is 1. The molecule has 0 atom stereocenters. The number of halogens is 2. The van der Waals surface area contributed by atoms with E-state index in [0.717, 1.165) is 9.78 Å². The average Bonchev–Trinajstić information content (AvgIpc) is 2.62. The highest BCUT2D eigenvalue weighted by molar-refractivity contribution is 7.13. The topological polar surface area (TPSA) is 40.5 Å². The number of hydrogen-bond donors (Lipinski definition) is 1. The second-order valence-electron chi connectivity index (χ2n) is 3.28. The van der Waals surface area contributed by atoms with Crippen molar-refractivity contribution >= 4 is 17.2 Å². The first-order chi connectivity index (χ1) is 7.54. The summed E-state index contributed by atoms with van der Waals surface area (Å²) >= 11 is 1.26. The van der Waals surface area contributed by atoms with E-state index < -0.39 is 18.9 Å². The molecule has 1 aromatic rings. The zero-order valence-electron chi connectivity index (χ0n) is 8.82. The van der Waals surface area contributed by atoms with Crippen LogP contribution >= 0.6 is 11.3 Å². The van der Waals surface area contributed by atoms with Gasteiger partial charge in [-0.2, -0.15) is 0 Å². The molecule has 90 valence electrons. The van der Waals surface area contributed by atoms with E-state index >= 15 is 0 Å². The fraction of sp³-hybridized carbons (Fsp3) is 0.500. The van der Waals surface area contributed by atoms with Gasteiger partial charge in [-0.15, -0.1) is 11.3 Å². The lowest BCUT2D eigenvalue weighted by molar-refractivity contribution is 0.0513. The monoisotopic (exact) mass is 249 g/mol. The Bertz CT molecular complexity index is 354. The molecule has 3 nitrogen and oxygen atoms in total. The van der Waals surface area contributed by atoms with Crippen LogP contribution in [0, 0.1) is 6.92 Å². The second kappa shape index (κ2) is 5.91. The van der Waals surface area contributed by atoms with Crippen molar-refractivity contribution in [2.24, 2.45) is 0 Å². The van der Waals surface area contributed by atoms with Gasteiger partial charge < -0.3 is 10.0 Å². The van der Waals surface area contributed by atoms with Gasteiger partial charge in [-0.25, -0.2) is 8.78 Å². The largest absolute Gasteiger partial charge is 0.395 e. The molecular formula is C10H13F2NO2S. The zero-order chi connectivity index (χ0) is 12.1. The van der Waals surface area contributed by atoms with Crippen molar-refractivity contribution in [2.45, 2.75) is 13.3 Å². The Morgan fingerprint density at radius 3 is 2.69 bits per heavy atom. The number of amides is 1. The van der Waals surface area contributed by atoms with Crippen molar-refractivity contribution in [1.82, 2.24) is 4.90 Å². The van der Waals surface area contributed by atoms with Gasteiger partial charge in [-0.3, -0.25) is 4.79 Å². The smallest absolute Gasteiger partial charge is 0.264 e. The summed E-state index contributed by atoms with van der Waals surface area (Å²) in [5.74, 6) is -0.451. The van der Waals surface area contributed by atoms with Crippen molar-refractivity contribution in [3.05, 3.63) is 21.9 Å². The maximum atomic E-state index is 12.2. The van der Waals surface area contributed by atoms with Crippen molar-refractivity contribution in [3.63, 3.8) is 0 Å². The molecule has 0 saturated heterocycles. The normalized spacial score (nSPS) is 10.8. The minimum Gasteiger partial charge on any atom is -0.395 e. The fourth-order valence-corrected chi connectivity index (χ4v) is 2.10. The molecule has 1 heterocycles. The first-order valence-electron chi connectivity index (χ1n) is 4.79. The molecule has 1 aromatic heterocycles. The number of alkyl halides is 2. The summed E-state index contributed by atoms with van der Waals surface area (Å²) in [5.41, 5.74) is 0. The van der Waals surface area contributed by atoms with Gasteiger partial charge in [0.05, 0.1) is 18.0 Å². The predicted molar refractivity (Wildman–Crippen MR) is 58.0 cm³/mol. The molecule has 1 N–H and O–H groups in total. The third-order valence-corrected chi connectivity index (χ3v) is 2.96. The van der Waals surface area contributed by atoms with Crippen LogP contribution in [0.4, 0.5) is 8.78 Å². The molecule has 16 heavy (non-hydrogen) atoms. The van der Waals surface area contributed by atoms with Crippen molar-refractivity contribution in [3.8, 4) is 0 Å². The number of nitrogens with zero attached hydrogens (tertiary/aromatic N) is 1. The molecule has 0 aliphatic heterocycles. The molecule has 0 aliphatic carbocycles. The zero-order valence-corrected chi connectivity index (χ0v) is 9.64. The summed E-state index contributed by atoms with van der Waals surface area (Å²) in [7, 11) is 0. The van der Waals surface area contributed by atoms with Crippen LogP contribution in [-0.4, -0.2) is 42.0 Å². The van der Waals surface area contributed by atoms with Crippen LogP contribution in [0.5, 0.6) is 0 Å². The summed E-state index contributed by atoms with van der Waals surface area (Å²) in [6.07, 6.45) is -2.59. The molecule has 1 amide bonds. The number of thiophene rings is 1. The molecule has 0 aliphatic rings. The fourth-order valence-electron chi connectivity index (χ4n) is 1.27. The summed E-state index contributed by atoms with van der Waals surface area (Å²) in [5, 5.41) is 8.72. The molecule has 0 aromatic carbocycles. The van der Waals surface area contributed by atoms with Gasteiger partial charge in [0.1, 0.15) is 0 Å². The lowest BCUT2D eigenvalue weighted by Crippen LogP contribution is -2.36. The van der Waals surface area contributed by atoms with E-state index in [1.54, 1.807) is 12.1 Å². The first kappa shape index (κ1) is 13.1. The molecule has 1 rings (SSSR count). The first-order valence-corrected chi connectivity index (χ1v) is 5.61. The lowest BCUT2D eigenvalue weighted by atomic mass is 10.3. The van der Waals surface area contributed by atoms with E-state index in [1.807, 2.05) is 6.92 Å². The van der Waals surface area contributed by atoms with Crippen LogP contribution in [-0.2, 0) is 0 Å². The van der Waals surface area contributed by atoms with Gasteiger partial charge in [0.15, 0.2) is 0 Å². The Labute approximate surface area is 96.3 Å². The van der Waals surface area contributed by atoms with E-state index in [9.17, 15) is 13.6 Å². The van der Waals surface area contributed by atoms with E-state index in [2.05, 4.69) is 0 Å². The van der Waals surface area contributed by atoms with Crippen LogP contribution in [0.25, 0.3) is 0 Å². The van der Waals surface area contributed by atoms with Crippen molar-refractivity contribution < 1.29 is 18.7 Å². The lowest BCUT2D eigenvalue weighted by Gasteiger charge is -2.20. The Morgan fingerprint density at radius 2 is 2.25 bits per heavy atom. The summed E-state index contributed by atoms with van der Waals surface area (Å²) < 4.78 is 24.4. The van der Waals surface area contributed by atoms with Crippen molar-refractivity contribution in [1.29, 1.82) is 0 Å². The number of aliphatic hydroxyl groups excluding tert-OH is 1. The highest BCUT2D eigenvalue weighted by Gasteiger charge is 2.20. The summed E-state index contributed by atoms with van der Waals surface area (Å²) in [4.78, 5) is 14.1. The molecule has 0 fully saturated rings. The van der Waals surface area contributed by atoms with Crippen LogP contribution in [0.3, 0.4) is 0 Å². The van der Waals surface area contributed by atoms with Gasteiger partial charge in [0.2, 0.25) is 0 Å². The molecule has 0 spiro atoms. The number of hydrogen-bond acceptors (Lipinski definition) is 3. The van der Waals surface area contributed by atoms with Gasteiger partial charge in [0, 0.05) is 11.4 Å². The highest BCUT2D eigenvalue weighted by atomic mass is 32.1. The molecule has 0 bridgehead atoms. The quantitative estimate of drug-likeness (QED) is 0.863. The van der Waals surface area contributed by atoms with E-state index in [1.165, 1.54) is 11.3 Å². The third kappa shape index (κ3) is 3.53. The SMILES string of the molecule is Cc1ccc(C(=O)N(CCO)CC(F)F)s1. The number of rotatable bonds is 5. The van der Waals surface area contributed by atoms with Gasteiger partial charge >= 0.3 is 0 Å². The Kier molecular flexibility index (Phi) is 4.82. The van der Waals surface area contributed by atoms with E-state index in [-0.39, 0.29) is 13.2 Å². The maximum absolute atomic E-state index is 12.2.